The fourth-order valence-electron chi connectivity index (χ4n) is 3.19. The third-order valence-corrected chi connectivity index (χ3v) is 5.08. The summed E-state index contributed by atoms with van der Waals surface area (Å²) in [5.41, 5.74) is 2.06. The molecule has 2 heterocycles. The normalized spacial score (nSPS) is 12.0. The minimum Gasteiger partial charge on any atom is -0.339 e. The van der Waals surface area contributed by atoms with Crippen molar-refractivity contribution in [2.75, 3.05) is 0 Å². The Labute approximate surface area is 176 Å². The van der Waals surface area contributed by atoms with Gasteiger partial charge in [0.15, 0.2) is 0 Å². The number of hydrogen-bond acceptors (Lipinski definition) is 3. The Kier molecular flexibility index (Phi) is 5.68. The summed E-state index contributed by atoms with van der Waals surface area (Å²) >= 11 is 6.16. The number of carbonyl (C=O) groups is 1. The number of aromatic nitrogens is 2. The van der Waals surface area contributed by atoms with Crippen LogP contribution in [0.1, 0.15) is 33.2 Å². The van der Waals surface area contributed by atoms with Gasteiger partial charge >= 0.3 is 0 Å². The first-order valence-corrected chi connectivity index (χ1v) is 9.55. The number of nitrogens with zero attached hydrogens (tertiary/aromatic N) is 2. The van der Waals surface area contributed by atoms with Gasteiger partial charge in [-0.25, -0.2) is 8.78 Å². The number of rotatable bonds is 5. The van der Waals surface area contributed by atoms with Crippen molar-refractivity contribution in [1.82, 2.24) is 15.3 Å². The van der Waals surface area contributed by atoms with Crippen molar-refractivity contribution < 1.29 is 13.6 Å². The molecule has 0 bridgehead atoms. The summed E-state index contributed by atoms with van der Waals surface area (Å²) in [6.07, 6.45) is 3.01. The molecule has 0 aliphatic heterocycles. The van der Waals surface area contributed by atoms with Crippen molar-refractivity contribution in [2.24, 2.45) is 0 Å². The summed E-state index contributed by atoms with van der Waals surface area (Å²) in [6, 6.07) is 15.0. The Morgan fingerprint density at radius 1 is 1.03 bits per heavy atom. The van der Waals surface area contributed by atoms with Crippen molar-refractivity contribution in [3.63, 3.8) is 0 Å². The number of hydrogen-bond donors (Lipinski definition) is 1. The Morgan fingerprint density at radius 3 is 2.57 bits per heavy atom. The molecule has 150 valence electrons. The molecule has 0 aliphatic carbocycles. The highest BCUT2D eigenvalue weighted by molar-refractivity contribution is 6.35. The van der Waals surface area contributed by atoms with Gasteiger partial charge in [0.1, 0.15) is 18.2 Å². The van der Waals surface area contributed by atoms with E-state index in [0.717, 1.165) is 5.39 Å². The Hall–Kier alpha value is -3.38. The van der Waals surface area contributed by atoms with Crippen LogP contribution in [-0.2, 0) is 6.67 Å². The van der Waals surface area contributed by atoms with Crippen LogP contribution in [0, 0.1) is 5.82 Å². The summed E-state index contributed by atoms with van der Waals surface area (Å²) in [5, 5.41) is 4.09. The summed E-state index contributed by atoms with van der Waals surface area (Å²) in [4.78, 5) is 21.3. The predicted molar refractivity (Wildman–Crippen MR) is 112 cm³/mol. The zero-order valence-corrected chi connectivity index (χ0v) is 16.4. The minimum absolute atomic E-state index is 0.0702. The van der Waals surface area contributed by atoms with Crippen LogP contribution in [0.4, 0.5) is 8.78 Å². The lowest BCUT2D eigenvalue weighted by atomic mass is 10.0. The van der Waals surface area contributed by atoms with E-state index in [1.54, 1.807) is 54.7 Å². The molecule has 0 unspecified atom stereocenters. The zero-order chi connectivity index (χ0) is 21.1. The molecule has 0 saturated heterocycles. The molecular formula is C23H16ClF2N3O. The highest BCUT2D eigenvalue weighted by Crippen LogP contribution is 2.25. The van der Waals surface area contributed by atoms with E-state index in [1.165, 1.54) is 18.3 Å². The molecule has 1 atom stereocenters. The lowest BCUT2D eigenvalue weighted by molar-refractivity contribution is 0.0942. The largest absolute Gasteiger partial charge is 0.339 e. The van der Waals surface area contributed by atoms with Crippen molar-refractivity contribution >= 4 is 28.4 Å². The number of benzene rings is 2. The van der Waals surface area contributed by atoms with E-state index in [4.69, 9.17) is 11.6 Å². The van der Waals surface area contributed by atoms with Gasteiger partial charge in [-0.2, -0.15) is 0 Å². The van der Waals surface area contributed by atoms with Gasteiger partial charge in [-0.05, 0) is 41.5 Å². The molecule has 0 saturated carbocycles. The van der Waals surface area contributed by atoms with Gasteiger partial charge in [0.2, 0.25) is 0 Å². The minimum atomic E-state index is -0.852. The van der Waals surface area contributed by atoms with Gasteiger partial charge in [-0.1, -0.05) is 41.9 Å². The number of amides is 1. The molecule has 7 heteroatoms. The van der Waals surface area contributed by atoms with Gasteiger partial charge in [0, 0.05) is 23.3 Å². The predicted octanol–water partition coefficient (Wildman–Crippen LogP) is 5.41. The van der Waals surface area contributed by atoms with Crippen LogP contribution in [0.2, 0.25) is 5.02 Å². The Balaban J connectivity index is 1.70. The second kappa shape index (κ2) is 8.55. The lowest BCUT2D eigenvalue weighted by Crippen LogP contribution is -2.30. The van der Waals surface area contributed by atoms with Crippen LogP contribution < -0.4 is 5.32 Å². The van der Waals surface area contributed by atoms with Gasteiger partial charge in [0.25, 0.3) is 5.91 Å². The van der Waals surface area contributed by atoms with Crippen LogP contribution in [0.15, 0.2) is 73.1 Å². The molecule has 0 radical (unpaired) electrons. The monoisotopic (exact) mass is 423 g/mol. The van der Waals surface area contributed by atoms with E-state index in [1.807, 2.05) is 0 Å². The second-order valence-electron chi connectivity index (χ2n) is 6.68. The highest BCUT2D eigenvalue weighted by atomic mass is 35.5. The van der Waals surface area contributed by atoms with E-state index in [9.17, 15) is 13.6 Å². The molecule has 4 rings (SSSR count). The molecule has 0 spiro atoms. The Morgan fingerprint density at radius 2 is 1.83 bits per heavy atom. The molecule has 0 aliphatic rings. The van der Waals surface area contributed by atoms with Crippen LogP contribution in [0.25, 0.3) is 10.9 Å². The van der Waals surface area contributed by atoms with Gasteiger partial charge in [0.05, 0.1) is 16.6 Å². The third kappa shape index (κ3) is 4.00. The molecule has 4 aromatic rings. The van der Waals surface area contributed by atoms with Gasteiger partial charge in [-0.3, -0.25) is 14.8 Å². The van der Waals surface area contributed by atoms with Gasteiger partial charge in [-0.15, -0.1) is 0 Å². The Bertz CT molecular complexity index is 1210. The maximum atomic E-state index is 14.5. The van der Waals surface area contributed by atoms with Crippen LogP contribution in [0.3, 0.4) is 0 Å². The summed E-state index contributed by atoms with van der Waals surface area (Å²) in [6.45, 7) is -0.609. The fraction of sp³-hybridized carbons (Fsp3) is 0.0870. The van der Waals surface area contributed by atoms with Crippen molar-refractivity contribution in [1.29, 1.82) is 0 Å². The summed E-state index contributed by atoms with van der Waals surface area (Å²) < 4.78 is 27.4. The number of alkyl halides is 1. The summed E-state index contributed by atoms with van der Waals surface area (Å²) in [7, 11) is 0. The van der Waals surface area contributed by atoms with E-state index >= 15 is 0 Å². The van der Waals surface area contributed by atoms with Crippen molar-refractivity contribution in [3.8, 4) is 0 Å². The smallest absolute Gasteiger partial charge is 0.252 e. The molecular weight excluding hydrogens is 408 g/mol. The topological polar surface area (TPSA) is 54.9 Å². The molecule has 0 fully saturated rings. The second-order valence-corrected chi connectivity index (χ2v) is 7.08. The number of halogens is 3. The number of carbonyl (C=O) groups excluding carboxylic acids is 1. The quantitative estimate of drug-likeness (QED) is 0.467. The highest BCUT2D eigenvalue weighted by Gasteiger charge is 2.22. The average molecular weight is 424 g/mol. The van der Waals surface area contributed by atoms with Gasteiger partial charge < -0.3 is 5.32 Å². The van der Waals surface area contributed by atoms with E-state index in [0.29, 0.717) is 27.2 Å². The first-order chi connectivity index (χ1) is 14.6. The van der Waals surface area contributed by atoms with Crippen molar-refractivity contribution in [2.45, 2.75) is 12.7 Å². The molecule has 1 amide bonds. The first-order valence-electron chi connectivity index (χ1n) is 9.17. The van der Waals surface area contributed by atoms with Crippen LogP contribution >= 0.6 is 11.6 Å². The molecule has 2 aromatic heterocycles. The SMILES string of the molecule is O=C(N[C@@H](c1ccc(CF)cc1)c1ncccc1F)c1ccc2c(Cl)ccnc2c1. The standard InChI is InChI=1S/C23H16ClF2N3O/c24-18-9-11-27-20-12-16(7-8-17(18)20)23(30)29-21(22-19(26)2-1-10-28-22)15-5-3-14(13-25)4-6-15/h1-12,21H,13H2,(H,29,30)/t21-/m0/s1. The molecule has 2 aromatic carbocycles. The van der Waals surface area contributed by atoms with Crippen LogP contribution in [-0.4, -0.2) is 15.9 Å². The zero-order valence-electron chi connectivity index (χ0n) is 15.6. The van der Waals surface area contributed by atoms with Crippen molar-refractivity contribution in [3.05, 3.63) is 106 Å². The summed E-state index contributed by atoms with van der Waals surface area (Å²) in [5.74, 6) is -0.979. The molecule has 4 nitrogen and oxygen atoms in total. The maximum absolute atomic E-state index is 14.5. The molecule has 30 heavy (non-hydrogen) atoms. The molecule has 1 N–H and O–H groups in total. The maximum Gasteiger partial charge on any atom is 0.252 e. The first kappa shape index (κ1) is 19.9. The average Bonchev–Trinajstić information content (AvgIpc) is 2.78. The van der Waals surface area contributed by atoms with E-state index in [-0.39, 0.29) is 5.69 Å². The van der Waals surface area contributed by atoms with E-state index in [2.05, 4.69) is 15.3 Å². The number of nitrogens with one attached hydrogen (secondary N) is 1. The number of pyridine rings is 2. The fourth-order valence-corrected chi connectivity index (χ4v) is 3.40. The van der Waals surface area contributed by atoms with E-state index < -0.39 is 24.4 Å². The van der Waals surface area contributed by atoms with Crippen LogP contribution in [0.5, 0.6) is 0 Å². The number of fused-ring (bicyclic) bond motifs is 1. The third-order valence-electron chi connectivity index (χ3n) is 4.75. The lowest BCUT2D eigenvalue weighted by Gasteiger charge is -2.20.